The fourth-order valence-corrected chi connectivity index (χ4v) is 8.45. The van der Waals surface area contributed by atoms with Gasteiger partial charge in [-0.1, -0.05) is 120 Å². The molecule has 0 aliphatic carbocycles. The first kappa shape index (κ1) is 42.0. The van der Waals surface area contributed by atoms with E-state index in [1.165, 1.54) is 24.3 Å². The minimum atomic E-state index is -4.09. The van der Waals surface area contributed by atoms with Gasteiger partial charge in [0.25, 0.3) is 0 Å². The lowest BCUT2D eigenvalue weighted by atomic mass is 9.83. The number of rotatable bonds is 18. The molecule has 0 heterocycles. The van der Waals surface area contributed by atoms with E-state index in [0.717, 1.165) is 22.3 Å². The SMILES string of the molecule is Cc1ccc(S(=O)(=O)Oc2ccc(C(CN[C@@H](C)c3ccccc3)C(=O)C(CN[C@@H](C)c3ccccc3)c3ccc(OS(=O)(=O)c4ccc(C)cc4)cc3)cc2)cc1. The van der Waals surface area contributed by atoms with Crippen LogP contribution >= 0.6 is 0 Å². The highest BCUT2D eigenvalue weighted by Crippen LogP contribution is 2.31. The van der Waals surface area contributed by atoms with Gasteiger partial charge < -0.3 is 19.0 Å². The lowest BCUT2D eigenvalue weighted by Crippen LogP contribution is -2.36. The van der Waals surface area contributed by atoms with Crippen LogP contribution in [-0.4, -0.2) is 35.7 Å². The minimum Gasteiger partial charge on any atom is -0.379 e. The van der Waals surface area contributed by atoms with Gasteiger partial charge in [0.1, 0.15) is 27.1 Å². The molecule has 0 aromatic heterocycles. The van der Waals surface area contributed by atoms with Crippen molar-refractivity contribution in [3.63, 3.8) is 0 Å². The average Bonchev–Trinajstić information content (AvgIpc) is 3.22. The Hall–Kier alpha value is -5.59. The predicted octanol–water partition coefficient (Wildman–Crippen LogP) is 8.98. The maximum absolute atomic E-state index is 15.1. The Bertz CT molecular complexity index is 2300. The van der Waals surface area contributed by atoms with E-state index in [4.69, 9.17) is 8.37 Å². The predicted molar refractivity (Wildman–Crippen MR) is 227 cm³/mol. The first-order valence-corrected chi connectivity index (χ1v) is 21.9. The van der Waals surface area contributed by atoms with E-state index in [9.17, 15) is 16.8 Å². The van der Waals surface area contributed by atoms with Crippen LogP contribution in [0.2, 0.25) is 0 Å². The van der Waals surface area contributed by atoms with Gasteiger partial charge in [-0.15, -0.1) is 0 Å². The molecule has 6 aromatic carbocycles. The molecule has 58 heavy (non-hydrogen) atoms. The molecule has 2 unspecified atom stereocenters. The van der Waals surface area contributed by atoms with Gasteiger partial charge in [-0.2, -0.15) is 16.8 Å². The summed E-state index contributed by atoms with van der Waals surface area (Å²) in [7, 11) is -8.18. The third-order valence-electron chi connectivity index (χ3n) is 10.1. The maximum atomic E-state index is 15.1. The molecule has 6 aromatic rings. The molecular formula is C47H48N2O7S2. The van der Waals surface area contributed by atoms with E-state index in [1.807, 2.05) is 88.4 Å². The third kappa shape index (κ3) is 10.9. The molecule has 6 rings (SSSR count). The first-order valence-electron chi connectivity index (χ1n) is 19.1. The van der Waals surface area contributed by atoms with Gasteiger partial charge in [0.15, 0.2) is 0 Å². The Morgan fingerprint density at radius 1 is 0.466 bits per heavy atom. The van der Waals surface area contributed by atoms with Crippen molar-refractivity contribution in [2.75, 3.05) is 13.1 Å². The van der Waals surface area contributed by atoms with Crippen molar-refractivity contribution in [2.45, 2.75) is 61.4 Å². The molecule has 0 spiro atoms. The quantitative estimate of drug-likeness (QED) is 0.0818. The zero-order valence-corrected chi connectivity index (χ0v) is 34.5. The summed E-state index contributed by atoms with van der Waals surface area (Å²) in [5.41, 5.74) is 5.31. The molecule has 0 aliphatic rings. The van der Waals surface area contributed by atoms with Gasteiger partial charge in [0.2, 0.25) is 0 Å². The number of carbonyl (C=O) groups is 1. The van der Waals surface area contributed by atoms with Crippen LogP contribution in [0.25, 0.3) is 0 Å². The summed E-state index contributed by atoms with van der Waals surface area (Å²) < 4.78 is 63.3. The molecule has 4 atom stereocenters. The molecular weight excluding hydrogens is 769 g/mol. The van der Waals surface area contributed by atoms with E-state index in [2.05, 4.69) is 10.6 Å². The van der Waals surface area contributed by atoms with Crippen molar-refractivity contribution < 1.29 is 30.0 Å². The molecule has 2 N–H and O–H groups in total. The van der Waals surface area contributed by atoms with Crippen molar-refractivity contribution in [1.29, 1.82) is 0 Å². The van der Waals surface area contributed by atoms with E-state index < -0.39 is 32.1 Å². The average molecular weight is 817 g/mol. The number of benzene rings is 6. The lowest BCUT2D eigenvalue weighted by molar-refractivity contribution is -0.121. The Balaban J connectivity index is 1.31. The molecule has 0 saturated heterocycles. The van der Waals surface area contributed by atoms with Crippen LogP contribution in [0.4, 0.5) is 0 Å². The van der Waals surface area contributed by atoms with Crippen LogP contribution in [0, 0.1) is 13.8 Å². The van der Waals surface area contributed by atoms with Crippen LogP contribution in [0.1, 0.15) is 71.1 Å². The lowest BCUT2D eigenvalue weighted by Gasteiger charge is -2.27. The first-order chi connectivity index (χ1) is 27.8. The molecule has 0 amide bonds. The number of nitrogens with one attached hydrogen (secondary N) is 2. The molecule has 0 bridgehead atoms. The summed E-state index contributed by atoms with van der Waals surface area (Å²) >= 11 is 0. The number of Topliss-reactive ketones (excluding diaryl/α,β-unsaturated/α-hetero) is 1. The van der Waals surface area contributed by atoms with Crippen molar-refractivity contribution in [1.82, 2.24) is 10.6 Å². The topological polar surface area (TPSA) is 128 Å². The standard InChI is InChI=1S/C47H48N2O7S2/c1-33-15-27-43(28-16-33)57(51,52)55-41-23-19-39(20-24-41)45(31-48-35(3)37-11-7-5-8-12-37)47(50)46(32-49-36(4)38-13-9-6-10-14-38)40-21-25-42(26-22-40)56-58(53,54)44-29-17-34(2)18-30-44/h5-30,35-36,45-46,48-49H,31-32H2,1-4H3/t35-,36-,45?,46?/m0/s1. The highest BCUT2D eigenvalue weighted by atomic mass is 32.2. The van der Waals surface area contributed by atoms with Crippen molar-refractivity contribution in [3.8, 4) is 11.5 Å². The van der Waals surface area contributed by atoms with Crippen LogP contribution in [-0.2, 0) is 25.0 Å². The highest BCUT2D eigenvalue weighted by Gasteiger charge is 2.31. The number of hydrogen-bond donors (Lipinski definition) is 2. The summed E-state index contributed by atoms with van der Waals surface area (Å²) in [6.07, 6.45) is 0. The van der Waals surface area contributed by atoms with Gasteiger partial charge in [-0.05, 0) is 98.5 Å². The van der Waals surface area contributed by atoms with Crippen LogP contribution < -0.4 is 19.0 Å². The second kappa shape index (κ2) is 18.8. The number of ketones is 1. The fourth-order valence-electron chi connectivity index (χ4n) is 6.59. The molecule has 0 saturated carbocycles. The molecule has 9 nitrogen and oxygen atoms in total. The van der Waals surface area contributed by atoms with E-state index in [1.54, 1.807) is 72.8 Å². The summed E-state index contributed by atoms with van der Waals surface area (Å²) in [5.74, 6) is -1.21. The summed E-state index contributed by atoms with van der Waals surface area (Å²) in [4.78, 5) is 15.1. The van der Waals surface area contributed by atoms with Crippen molar-refractivity contribution in [3.05, 3.63) is 191 Å². The smallest absolute Gasteiger partial charge is 0.339 e. The minimum absolute atomic E-state index is 0.0403. The number of carbonyl (C=O) groups excluding carboxylic acids is 1. The molecule has 0 aliphatic heterocycles. The molecule has 300 valence electrons. The number of hydrogen-bond acceptors (Lipinski definition) is 9. The van der Waals surface area contributed by atoms with Gasteiger partial charge in [-0.25, -0.2) is 0 Å². The second-order valence-electron chi connectivity index (χ2n) is 14.4. The van der Waals surface area contributed by atoms with Gasteiger partial charge in [0, 0.05) is 25.2 Å². The Morgan fingerprint density at radius 2 is 0.793 bits per heavy atom. The Labute approximate surface area is 342 Å². The summed E-state index contributed by atoms with van der Waals surface area (Å²) in [5, 5.41) is 7.11. The molecule has 11 heteroatoms. The van der Waals surface area contributed by atoms with Crippen LogP contribution in [0.3, 0.4) is 0 Å². The monoisotopic (exact) mass is 816 g/mol. The van der Waals surface area contributed by atoms with E-state index >= 15 is 4.79 Å². The second-order valence-corrected chi connectivity index (χ2v) is 17.5. The van der Waals surface area contributed by atoms with Crippen LogP contribution in [0.15, 0.2) is 168 Å². The van der Waals surface area contributed by atoms with Crippen molar-refractivity contribution >= 4 is 26.0 Å². The van der Waals surface area contributed by atoms with Gasteiger partial charge in [0.05, 0.1) is 11.8 Å². The molecule has 0 fully saturated rings. The van der Waals surface area contributed by atoms with Gasteiger partial charge in [-0.3, -0.25) is 4.79 Å². The molecule has 0 radical (unpaired) electrons. The van der Waals surface area contributed by atoms with Gasteiger partial charge >= 0.3 is 20.2 Å². The summed E-state index contributed by atoms with van der Waals surface area (Å²) in [6.45, 7) is 8.37. The largest absolute Gasteiger partial charge is 0.379 e. The fraction of sp³-hybridized carbons (Fsp3) is 0.213. The normalized spacial score (nSPS) is 13.9. The van der Waals surface area contributed by atoms with E-state index in [0.29, 0.717) is 11.1 Å². The number of aryl methyl sites for hydroxylation is 2. The van der Waals surface area contributed by atoms with Crippen LogP contribution in [0.5, 0.6) is 11.5 Å². The maximum Gasteiger partial charge on any atom is 0.339 e. The zero-order valence-electron chi connectivity index (χ0n) is 32.9. The third-order valence-corrected chi connectivity index (χ3v) is 12.7. The Morgan fingerprint density at radius 3 is 1.12 bits per heavy atom. The zero-order chi connectivity index (χ0) is 41.3. The Kier molecular flexibility index (Phi) is 13.6. The summed E-state index contributed by atoms with van der Waals surface area (Å²) in [6, 6.07) is 45.7. The highest BCUT2D eigenvalue weighted by molar-refractivity contribution is 7.87. The van der Waals surface area contributed by atoms with Crippen molar-refractivity contribution in [2.24, 2.45) is 0 Å². The van der Waals surface area contributed by atoms with E-state index in [-0.39, 0.29) is 52.2 Å².